The molecule has 4 rings (SSSR count). The molecule has 0 radical (unpaired) electrons. The first-order valence-corrected chi connectivity index (χ1v) is 9.19. The van der Waals surface area contributed by atoms with Gasteiger partial charge in [0.2, 0.25) is 0 Å². The predicted octanol–water partition coefficient (Wildman–Crippen LogP) is 2.88. The highest BCUT2D eigenvalue weighted by Crippen LogP contribution is 2.22. The minimum absolute atomic E-state index is 0.0628. The Morgan fingerprint density at radius 2 is 1.89 bits per heavy atom. The van der Waals surface area contributed by atoms with Crippen molar-refractivity contribution in [1.29, 1.82) is 0 Å². The van der Waals surface area contributed by atoms with Crippen LogP contribution >= 0.6 is 0 Å². The van der Waals surface area contributed by atoms with Crippen LogP contribution in [0.2, 0.25) is 0 Å². The maximum atomic E-state index is 13.0. The molecule has 6 heteroatoms. The molecule has 0 bridgehead atoms. The van der Waals surface area contributed by atoms with E-state index in [4.69, 9.17) is 0 Å². The number of nitrogens with one attached hydrogen (secondary N) is 2. The maximum absolute atomic E-state index is 13.0. The van der Waals surface area contributed by atoms with Crippen molar-refractivity contribution >= 4 is 5.91 Å². The van der Waals surface area contributed by atoms with E-state index in [0.29, 0.717) is 24.5 Å². The summed E-state index contributed by atoms with van der Waals surface area (Å²) in [5, 5.41) is 10.5. The van der Waals surface area contributed by atoms with Gasteiger partial charge in [0.15, 0.2) is 5.82 Å². The van der Waals surface area contributed by atoms with E-state index in [1.165, 1.54) is 11.1 Å². The molecular weight excluding hydrogens is 338 g/mol. The Bertz CT molecular complexity index is 947. The molecule has 6 nitrogen and oxygen atoms in total. The Morgan fingerprint density at radius 3 is 2.59 bits per heavy atom. The van der Waals surface area contributed by atoms with Gasteiger partial charge in [0, 0.05) is 30.8 Å². The first-order chi connectivity index (χ1) is 13.1. The quantitative estimate of drug-likeness (QED) is 0.752. The second kappa shape index (κ2) is 7.32. The van der Waals surface area contributed by atoms with Crippen LogP contribution in [0.25, 0.3) is 11.4 Å². The third-order valence-electron chi connectivity index (χ3n) is 5.01. The largest absolute Gasteiger partial charge is 0.335 e. The minimum Gasteiger partial charge on any atom is -0.335 e. The van der Waals surface area contributed by atoms with Crippen molar-refractivity contribution in [2.24, 2.45) is 0 Å². The van der Waals surface area contributed by atoms with E-state index in [9.17, 15) is 4.79 Å². The van der Waals surface area contributed by atoms with Crippen LogP contribution < -0.4 is 5.32 Å². The smallest absolute Gasteiger partial charge is 0.253 e. The first-order valence-electron chi connectivity index (χ1n) is 9.19. The molecule has 1 atom stereocenters. The third kappa shape index (κ3) is 3.61. The van der Waals surface area contributed by atoms with Crippen molar-refractivity contribution in [2.75, 3.05) is 19.6 Å². The van der Waals surface area contributed by atoms with Crippen molar-refractivity contribution in [3.05, 3.63) is 71.0 Å². The summed E-state index contributed by atoms with van der Waals surface area (Å²) in [6.07, 6.45) is 0. The molecule has 0 aliphatic carbocycles. The lowest BCUT2D eigenvalue weighted by atomic mass is 9.99. The number of nitrogens with zero attached hydrogens (tertiary/aromatic N) is 3. The van der Waals surface area contributed by atoms with E-state index in [1.807, 2.05) is 48.2 Å². The third-order valence-corrected chi connectivity index (χ3v) is 5.01. The number of piperazine rings is 1. The summed E-state index contributed by atoms with van der Waals surface area (Å²) in [4.78, 5) is 19.2. The number of aryl methyl sites for hydroxylation is 2. The summed E-state index contributed by atoms with van der Waals surface area (Å²) in [6.45, 7) is 6.15. The summed E-state index contributed by atoms with van der Waals surface area (Å²) in [5.41, 5.74) is 4.09. The minimum atomic E-state index is 0.0628. The van der Waals surface area contributed by atoms with Crippen molar-refractivity contribution in [1.82, 2.24) is 25.4 Å². The molecular formula is C21H23N5O. The molecule has 1 aliphatic heterocycles. The van der Waals surface area contributed by atoms with E-state index in [1.54, 1.807) is 0 Å². The number of carbonyl (C=O) groups excluding carboxylic acids is 1. The predicted molar refractivity (Wildman–Crippen MR) is 104 cm³/mol. The summed E-state index contributed by atoms with van der Waals surface area (Å²) in [6, 6.07) is 16.0. The summed E-state index contributed by atoms with van der Waals surface area (Å²) >= 11 is 0. The number of carbonyl (C=O) groups is 1. The van der Waals surface area contributed by atoms with Gasteiger partial charge in [-0.3, -0.25) is 9.89 Å². The standard InChI is InChI=1S/C21H23N5O/c1-14-5-3-4-6-18(14)19-13-26(12-11-22-19)21(27)17-9-7-16(8-10-17)20-23-15(2)24-25-20/h3-10,19,22H,11-13H2,1-2H3,(H,23,24,25). The van der Waals surface area contributed by atoms with Crippen LogP contribution in [-0.2, 0) is 0 Å². The van der Waals surface area contributed by atoms with Crippen LogP contribution in [0, 0.1) is 13.8 Å². The Hall–Kier alpha value is -2.99. The van der Waals surface area contributed by atoms with Crippen LogP contribution in [-0.4, -0.2) is 45.6 Å². The van der Waals surface area contributed by atoms with Gasteiger partial charge in [-0.1, -0.05) is 36.4 Å². The monoisotopic (exact) mass is 361 g/mol. The molecule has 1 aromatic heterocycles. The van der Waals surface area contributed by atoms with Crippen molar-refractivity contribution in [3.8, 4) is 11.4 Å². The number of H-pyrrole nitrogens is 1. The summed E-state index contributed by atoms with van der Waals surface area (Å²) in [5.74, 6) is 1.48. The Kier molecular flexibility index (Phi) is 4.73. The van der Waals surface area contributed by atoms with Crippen LogP contribution in [0.5, 0.6) is 0 Å². The summed E-state index contributed by atoms with van der Waals surface area (Å²) < 4.78 is 0. The molecule has 27 heavy (non-hydrogen) atoms. The van der Waals surface area contributed by atoms with Crippen molar-refractivity contribution in [3.63, 3.8) is 0 Å². The fourth-order valence-corrected chi connectivity index (χ4v) is 3.54. The zero-order valence-corrected chi connectivity index (χ0v) is 15.6. The lowest BCUT2D eigenvalue weighted by Gasteiger charge is -2.34. The Labute approximate surface area is 158 Å². The zero-order valence-electron chi connectivity index (χ0n) is 15.6. The molecule has 2 heterocycles. The molecule has 0 spiro atoms. The average Bonchev–Trinajstić information content (AvgIpc) is 3.14. The van der Waals surface area contributed by atoms with Gasteiger partial charge in [-0.15, -0.1) is 0 Å². The van der Waals surface area contributed by atoms with Crippen molar-refractivity contribution in [2.45, 2.75) is 19.9 Å². The first kappa shape index (κ1) is 17.4. The molecule has 2 aromatic carbocycles. The lowest BCUT2D eigenvalue weighted by molar-refractivity contribution is 0.0702. The van der Waals surface area contributed by atoms with Crippen molar-refractivity contribution < 1.29 is 4.79 Å². The SMILES string of the molecule is Cc1nc(-c2ccc(C(=O)N3CCNC(c4ccccc4C)C3)cc2)n[nH]1. The molecule has 1 fully saturated rings. The second-order valence-corrected chi connectivity index (χ2v) is 6.94. The molecule has 138 valence electrons. The lowest BCUT2D eigenvalue weighted by Crippen LogP contribution is -2.48. The zero-order chi connectivity index (χ0) is 18.8. The Morgan fingerprint density at radius 1 is 1.11 bits per heavy atom. The van der Waals surface area contributed by atoms with E-state index in [-0.39, 0.29) is 11.9 Å². The molecule has 2 N–H and O–H groups in total. The normalized spacial score (nSPS) is 17.1. The van der Waals surface area contributed by atoms with Gasteiger partial charge >= 0.3 is 0 Å². The molecule has 3 aromatic rings. The van der Waals surface area contributed by atoms with Gasteiger partial charge in [0.25, 0.3) is 5.91 Å². The van der Waals surface area contributed by atoms with E-state index in [0.717, 1.165) is 17.9 Å². The van der Waals surface area contributed by atoms with Crippen LogP contribution in [0.15, 0.2) is 48.5 Å². The van der Waals surface area contributed by atoms with Gasteiger partial charge < -0.3 is 10.2 Å². The number of benzene rings is 2. The van der Waals surface area contributed by atoms with Crippen LogP contribution in [0.4, 0.5) is 0 Å². The molecule has 1 aliphatic rings. The topological polar surface area (TPSA) is 73.9 Å². The number of amides is 1. The molecule has 1 amide bonds. The van der Waals surface area contributed by atoms with Crippen LogP contribution in [0.1, 0.15) is 33.4 Å². The molecule has 0 saturated carbocycles. The van der Waals surface area contributed by atoms with Gasteiger partial charge in [0.05, 0.1) is 6.04 Å². The Balaban J connectivity index is 1.49. The average molecular weight is 361 g/mol. The number of aromatic amines is 1. The second-order valence-electron chi connectivity index (χ2n) is 6.94. The number of rotatable bonds is 3. The highest BCUT2D eigenvalue weighted by Gasteiger charge is 2.25. The number of aromatic nitrogens is 3. The fourth-order valence-electron chi connectivity index (χ4n) is 3.54. The van der Waals surface area contributed by atoms with Gasteiger partial charge in [0.1, 0.15) is 5.82 Å². The van der Waals surface area contributed by atoms with Crippen LogP contribution in [0.3, 0.4) is 0 Å². The van der Waals surface area contributed by atoms with E-state index < -0.39 is 0 Å². The number of hydrogen-bond acceptors (Lipinski definition) is 4. The highest BCUT2D eigenvalue weighted by molar-refractivity contribution is 5.94. The number of hydrogen-bond donors (Lipinski definition) is 2. The summed E-state index contributed by atoms with van der Waals surface area (Å²) in [7, 11) is 0. The maximum Gasteiger partial charge on any atom is 0.253 e. The van der Waals surface area contributed by atoms with Gasteiger partial charge in [-0.25, -0.2) is 4.98 Å². The van der Waals surface area contributed by atoms with Gasteiger partial charge in [-0.2, -0.15) is 5.10 Å². The van der Waals surface area contributed by atoms with E-state index >= 15 is 0 Å². The van der Waals surface area contributed by atoms with Gasteiger partial charge in [-0.05, 0) is 37.1 Å². The van der Waals surface area contributed by atoms with E-state index in [2.05, 4.69) is 39.6 Å². The molecule has 1 unspecified atom stereocenters. The molecule has 1 saturated heterocycles. The highest BCUT2D eigenvalue weighted by atomic mass is 16.2. The fraction of sp³-hybridized carbons (Fsp3) is 0.286.